The Morgan fingerprint density at radius 1 is 1.21 bits per heavy atom. The van der Waals surface area contributed by atoms with Gasteiger partial charge >= 0.3 is 12.0 Å². The molecule has 1 aromatic rings. The van der Waals surface area contributed by atoms with E-state index in [2.05, 4.69) is 10.6 Å². The molecular weight excluding hydrogens is 244 g/mol. The van der Waals surface area contributed by atoms with Crippen LogP contribution in [0.4, 0.5) is 10.5 Å². The van der Waals surface area contributed by atoms with E-state index in [1.165, 1.54) is 0 Å². The number of aryl methyl sites for hydroxylation is 2. The average Bonchev–Trinajstić information content (AvgIpc) is 2.26. The fourth-order valence-corrected chi connectivity index (χ4v) is 1.92. The van der Waals surface area contributed by atoms with E-state index in [1.807, 2.05) is 39.0 Å². The quantitative estimate of drug-likeness (QED) is 0.765. The van der Waals surface area contributed by atoms with Gasteiger partial charge in [-0.3, -0.25) is 0 Å². The Morgan fingerprint density at radius 3 is 2.26 bits per heavy atom. The van der Waals surface area contributed by atoms with Gasteiger partial charge in [0.25, 0.3) is 0 Å². The Labute approximate surface area is 113 Å². The Hall–Kier alpha value is -2.04. The van der Waals surface area contributed by atoms with Crippen LogP contribution in [0, 0.1) is 13.8 Å². The highest BCUT2D eigenvalue weighted by Crippen LogP contribution is 2.13. The Balaban J connectivity index is 2.66. The van der Waals surface area contributed by atoms with Crippen molar-refractivity contribution in [3.8, 4) is 0 Å². The van der Waals surface area contributed by atoms with Gasteiger partial charge in [0, 0.05) is 5.69 Å². The third kappa shape index (κ3) is 4.99. The number of benzene rings is 1. The lowest BCUT2D eigenvalue weighted by atomic mass is 10.1. The molecule has 104 valence electrons. The first-order valence-electron chi connectivity index (χ1n) is 6.31. The minimum Gasteiger partial charge on any atom is -0.480 e. The number of amides is 2. The van der Waals surface area contributed by atoms with Gasteiger partial charge in [-0.2, -0.15) is 0 Å². The second kappa shape index (κ2) is 6.78. The minimum absolute atomic E-state index is 0.412. The number of carboxylic acids is 1. The zero-order valence-corrected chi connectivity index (χ0v) is 11.5. The van der Waals surface area contributed by atoms with Gasteiger partial charge in [-0.25, -0.2) is 9.59 Å². The normalized spacial score (nSPS) is 11.7. The van der Waals surface area contributed by atoms with E-state index >= 15 is 0 Å². The Kier molecular flexibility index (Phi) is 5.36. The maximum Gasteiger partial charge on any atom is 0.326 e. The molecule has 0 heterocycles. The van der Waals surface area contributed by atoms with Crippen molar-refractivity contribution in [3.63, 3.8) is 0 Å². The van der Waals surface area contributed by atoms with Crippen LogP contribution in [-0.4, -0.2) is 23.1 Å². The number of aliphatic carboxylic acids is 1. The van der Waals surface area contributed by atoms with Gasteiger partial charge in [-0.15, -0.1) is 0 Å². The lowest BCUT2D eigenvalue weighted by Crippen LogP contribution is -2.42. The van der Waals surface area contributed by atoms with Crippen LogP contribution in [0.15, 0.2) is 18.2 Å². The molecule has 0 aliphatic carbocycles. The molecule has 1 atom stereocenters. The third-order valence-electron chi connectivity index (χ3n) is 2.66. The van der Waals surface area contributed by atoms with Gasteiger partial charge < -0.3 is 15.7 Å². The molecule has 0 radical (unpaired) electrons. The largest absolute Gasteiger partial charge is 0.480 e. The number of hydrogen-bond acceptors (Lipinski definition) is 2. The van der Waals surface area contributed by atoms with Crippen molar-refractivity contribution < 1.29 is 14.7 Å². The van der Waals surface area contributed by atoms with Crippen molar-refractivity contribution in [1.29, 1.82) is 0 Å². The van der Waals surface area contributed by atoms with Gasteiger partial charge in [-0.05, 0) is 43.5 Å². The van der Waals surface area contributed by atoms with Crippen molar-refractivity contribution in [2.45, 2.75) is 39.7 Å². The highest BCUT2D eigenvalue weighted by Gasteiger charge is 2.18. The molecule has 0 spiro atoms. The number of anilines is 1. The Bertz CT molecular complexity index is 452. The van der Waals surface area contributed by atoms with E-state index in [0.29, 0.717) is 18.5 Å². The molecule has 0 aliphatic heterocycles. The van der Waals surface area contributed by atoms with Crippen molar-refractivity contribution >= 4 is 17.7 Å². The first-order chi connectivity index (χ1) is 8.92. The Morgan fingerprint density at radius 2 is 1.79 bits per heavy atom. The summed E-state index contributed by atoms with van der Waals surface area (Å²) >= 11 is 0. The van der Waals surface area contributed by atoms with Crippen LogP contribution in [-0.2, 0) is 4.79 Å². The highest BCUT2D eigenvalue weighted by molar-refractivity contribution is 5.92. The van der Waals surface area contributed by atoms with Gasteiger partial charge in [0.1, 0.15) is 6.04 Å². The van der Waals surface area contributed by atoms with E-state index in [4.69, 9.17) is 5.11 Å². The predicted molar refractivity (Wildman–Crippen MR) is 74.4 cm³/mol. The first-order valence-corrected chi connectivity index (χ1v) is 6.31. The summed E-state index contributed by atoms with van der Waals surface area (Å²) in [7, 11) is 0. The number of carbonyl (C=O) groups excluding carboxylic acids is 1. The molecule has 1 rings (SSSR count). The number of carboxylic acid groups (broad SMARTS) is 1. The summed E-state index contributed by atoms with van der Waals surface area (Å²) in [6.07, 6.45) is 1.11. The topological polar surface area (TPSA) is 78.4 Å². The molecule has 1 aromatic carbocycles. The predicted octanol–water partition coefficient (Wildman–Crippen LogP) is 2.68. The molecule has 0 unspecified atom stereocenters. The highest BCUT2D eigenvalue weighted by atomic mass is 16.4. The molecule has 0 fully saturated rings. The fraction of sp³-hybridized carbons (Fsp3) is 0.429. The maximum atomic E-state index is 11.7. The van der Waals surface area contributed by atoms with E-state index in [9.17, 15) is 9.59 Å². The van der Waals surface area contributed by atoms with Crippen molar-refractivity contribution in [3.05, 3.63) is 29.3 Å². The molecule has 5 nitrogen and oxygen atoms in total. The van der Waals surface area contributed by atoms with Crippen LogP contribution in [0.25, 0.3) is 0 Å². The summed E-state index contributed by atoms with van der Waals surface area (Å²) < 4.78 is 0. The standard InChI is InChI=1S/C14H20N2O3/c1-4-5-12(13(17)18)16-14(19)15-11-7-9(2)6-10(3)8-11/h6-8,12H,4-5H2,1-3H3,(H,17,18)(H2,15,16,19)/t12-/m0/s1. The van der Waals surface area contributed by atoms with Crippen molar-refractivity contribution in [2.24, 2.45) is 0 Å². The van der Waals surface area contributed by atoms with E-state index in [-0.39, 0.29) is 0 Å². The maximum absolute atomic E-state index is 11.7. The number of urea groups is 1. The van der Waals surface area contributed by atoms with Gasteiger partial charge in [0.05, 0.1) is 0 Å². The molecule has 0 saturated carbocycles. The molecule has 19 heavy (non-hydrogen) atoms. The molecule has 3 N–H and O–H groups in total. The summed E-state index contributed by atoms with van der Waals surface area (Å²) in [6.45, 7) is 5.75. The molecule has 0 bridgehead atoms. The zero-order valence-electron chi connectivity index (χ0n) is 11.5. The van der Waals surface area contributed by atoms with Crippen molar-refractivity contribution in [2.75, 3.05) is 5.32 Å². The molecular formula is C14H20N2O3. The molecule has 2 amide bonds. The van der Waals surface area contributed by atoms with E-state index in [0.717, 1.165) is 11.1 Å². The van der Waals surface area contributed by atoms with E-state index in [1.54, 1.807) is 0 Å². The fourth-order valence-electron chi connectivity index (χ4n) is 1.92. The van der Waals surface area contributed by atoms with Gasteiger partial charge in [0.15, 0.2) is 0 Å². The molecule has 0 aliphatic rings. The average molecular weight is 264 g/mol. The van der Waals surface area contributed by atoms with E-state index < -0.39 is 18.0 Å². The molecule has 5 heteroatoms. The molecule has 0 aromatic heterocycles. The lowest BCUT2D eigenvalue weighted by Gasteiger charge is -2.14. The number of nitrogens with one attached hydrogen (secondary N) is 2. The number of hydrogen-bond donors (Lipinski definition) is 3. The SMILES string of the molecule is CCC[C@H](NC(=O)Nc1cc(C)cc(C)c1)C(=O)O. The monoisotopic (exact) mass is 264 g/mol. The third-order valence-corrected chi connectivity index (χ3v) is 2.66. The number of rotatable bonds is 5. The van der Waals surface area contributed by atoms with Crippen molar-refractivity contribution in [1.82, 2.24) is 5.32 Å². The lowest BCUT2D eigenvalue weighted by molar-refractivity contribution is -0.139. The second-order valence-electron chi connectivity index (χ2n) is 4.65. The molecule has 0 saturated heterocycles. The van der Waals surface area contributed by atoms with Gasteiger partial charge in [0.2, 0.25) is 0 Å². The van der Waals surface area contributed by atoms with Crippen LogP contribution in [0.2, 0.25) is 0 Å². The minimum atomic E-state index is -1.02. The van der Waals surface area contributed by atoms with Crippen LogP contribution in [0.5, 0.6) is 0 Å². The van der Waals surface area contributed by atoms with Crippen LogP contribution >= 0.6 is 0 Å². The summed E-state index contributed by atoms with van der Waals surface area (Å²) in [5.41, 5.74) is 2.74. The zero-order chi connectivity index (χ0) is 14.4. The van der Waals surface area contributed by atoms with Crippen LogP contribution < -0.4 is 10.6 Å². The summed E-state index contributed by atoms with van der Waals surface area (Å²) in [6, 6.07) is 4.33. The summed E-state index contributed by atoms with van der Waals surface area (Å²) in [4.78, 5) is 22.7. The van der Waals surface area contributed by atoms with Crippen LogP contribution in [0.3, 0.4) is 0 Å². The number of carbonyl (C=O) groups is 2. The second-order valence-corrected chi connectivity index (χ2v) is 4.65. The summed E-state index contributed by atoms with van der Waals surface area (Å²) in [5, 5.41) is 14.1. The summed E-state index contributed by atoms with van der Waals surface area (Å²) in [5.74, 6) is -1.02. The van der Waals surface area contributed by atoms with Crippen LogP contribution in [0.1, 0.15) is 30.9 Å². The van der Waals surface area contributed by atoms with Gasteiger partial charge in [-0.1, -0.05) is 19.4 Å². The first kappa shape index (κ1) is 15.0. The smallest absolute Gasteiger partial charge is 0.326 e.